The summed E-state index contributed by atoms with van der Waals surface area (Å²) in [5.41, 5.74) is 2.54. The van der Waals surface area contributed by atoms with Crippen LogP contribution in [0.2, 0.25) is 0 Å². The fourth-order valence-corrected chi connectivity index (χ4v) is 3.38. The van der Waals surface area contributed by atoms with Crippen LogP contribution in [0, 0.1) is 11.6 Å². The molecule has 0 unspecified atom stereocenters. The van der Waals surface area contributed by atoms with Crippen molar-refractivity contribution in [3.8, 4) is 28.3 Å². The molecule has 8 heteroatoms. The van der Waals surface area contributed by atoms with Gasteiger partial charge in [0.2, 0.25) is 0 Å². The van der Waals surface area contributed by atoms with Gasteiger partial charge in [0.1, 0.15) is 17.1 Å². The van der Waals surface area contributed by atoms with Crippen molar-refractivity contribution >= 4 is 16.7 Å². The summed E-state index contributed by atoms with van der Waals surface area (Å²) in [5.74, 6) is -0.213. The van der Waals surface area contributed by atoms with Crippen LogP contribution >= 0.6 is 0 Å². The number of anilines is 1. The monoisotopic (exact) mass is 436 g/mol. The topological polar surface area (TPSA) is 69.2 Å². The third-order valence-corrected chi connectivity index (χ3v) is 4.98. The maximum atomic E-state index is 13.9. The molecule has 2 aromatic heterocycles. The maximum Gasteiger partial charge on any atom is 0.163 e. The lowest BCUT2D eigenvalue weighted by Crippen LogP contribution is -2.08. The van der Waals surface area contributed by atoms with Crippen LogP contribution in [-0.4, -0.2) is 42.3 Å². The highest BCUT2D eigenvalue weighted by Gasteiger charge is 2.16. The third-order valence-electron chi connectivity index (χ3n) is 4.98. The van der Waals surface area contributed by atoms with Crippen LogP contribution in [0.25, 0.3) is 33.4 Å². The minimum atomic E-state index is -0.914. The zero-order chi connectivity index (χ0) is 22.5. The van der Waals surface area contributed by atoms with Crippen LogP contribution in [0.15, 0.2) is 54.9 Å². The normalized spacial score (nSPS) is 11.0. The predicted molar refractivity (Wildman–Crippen MR) is 120 cm³/mol. The van der Waals surface area contributed by atoms with E-state index in [0.29, 0.717) is 52.6 Å². The summed E-state index contributed by atoms with van der Waals surface area (Å²) in [7, 11) is 3.20. The van der Waals surface area contributed by atoms with Crippen LogP contribution in [0.5, 0.6) is 5.75 Å². The Balaban J connectivity index is 1.88. The zero-order valence-corrected chi connectivity index (χ0v) is 17.7. The summed E-state index contributed by atoms with van der Waals surface area (Å²) < 4.78 is 38.0. The zero-order valence-electron chi connectivity index (χ0n) is 17.7. The second-order valence-corrected chi connectivity index (χ2v) is 7.11. The number of fused-ring (bicyclic) bond motifs is 1. The van der Waals surface area contributed by atoms with Crippen LogP contribution in [-0.2, 0) is 4.74 Å². The fourth-order valence-electron chi connectivity index (χ4n) is 3.38. The van der Waals surface area contributed by atoms with Crippen molar-refractivity contribution in [2.75, 3.05) is 32.7 Å². The van der Waals surface area contributed by atoms with Gasteiger partial charge in [-0.05, 0) is 53.9 Å². The maximum absolute atomic E-state index is 13.9. The predicted octanol–water partition coefficient (Wildman–Crippen LogP) is 5.09. The molecule has 0 aliphatic carbocycles. The van der Waals surface area contributed by atoms with Crippen molar-refractivity contribution in [3.05, 3.63) is 66.5 Å². The first kappa shape index (κ1) is 21.6. The van der Waals surface area contributed by atoms with Gasteiger partial charge >= 0.3 is 0 Å². The van der Waals surface area contributed by atoms with E-state index in [4.69, 9.17) is 19.4 Å². The summed E-state index contributed by atoms with van der Waals surface area (Å²) in [5, 5.41) is 4.04. The Labute approximate surface area is 184 Å². The van der Waals surface area contributed by atoms with Gasteiger partial charge in [-0.15, -0.1) is 0 Å². The molecule has 0 bridgehead atoms. The Hall–Kier alpha value is -3.65. The Morgan fingerprint density at radius 2 is 1.81 bits per heavy atom. The number of halogens is 2. The molecule has 0 radical (unpaired) electrons. The highest BCUT2D eigenvalue weighted by Crippen LogP contribution is 2.36. The van der Waals surface area contributed by atoms with Gasteiger partial charge in [0.15, 0.2) is 17.5 Å². The molecule has 0 spiro atoms. The van der Waals surface area contributed by atoms with Crippen molar-refractivity contribution < 1.29 is 18.3 Å². The van der Waals surface area contributed by atoms with Crippen LogP contribution in [0.4, 0.5) is 14.6 Å². The van der Waals surface area contributed by atoms with E-state index < -0.39 is 11.6 Å². The van der Waals surface area contributed by atoms with E-state index in [1.807, 2.05) is 18.2 Å². The average molecular weight is 436 g/mol. The number of rotatable bonds is 8. The van der Waals surface area contributed by atoms with Gasteiger partial charge in [0.25, 0.3) is 0 Å². The van der Waals surface area contributed by atoms with Gasteiger partial charge in [-0.3, -0.25) is 4.98 Å². The highest BCUT2D eigenvalue weighted by atomic mass is 19.2. The Morgan fingerprint density at radius 3 is 2.53 bits per heavy atom. The number of benzene rings is 2. The molecule has 6 nitrogen and oxygen atoms in total. The number of nitrogens with zero attached hydrogens (tertiary/aromatic N) is 3. The van der Waals surface area contributed by atoms with E-state index in [9.17, 15) is 8.78 Å². The molecule has 4 rings (SSSR count). The quantitative estimate of drug-likeness (QED) is 0.388. The van der Waals surface area contributed by atoms with Crippen molar-refractivity contribution in [2.24, 2.45) is 0 Å². The van der Waals surface area contributed by atoms with Gasteiger partial charge in [0, 0.05) is 43.6 Å². The third kappa shape index (κ3) is 4.50. The second-order valence-electron chi connectivity index (χ2n) is 7.11. The molecule has 0 atom stereocenters. The molecule has 0 saturated heterocycles. The molecule has 0 amide bonds. The molecule has 0 fully saturated rings. The number of hydrogen-bond donors (Lipinski definition) is 1. The van der Waals surface area contributed by atoms with E-state index in [0.717, 1.165) is 24.1 Å². The van der Waals surface area contributed by atoms with Crippen molar-refractivity contribution in [1.29, 1.82) is 0 Å². The number of aromatic nitrogens is 3. The summed E-state index contributed by atoms with van der Waals surface area (Å²) in [6, 6.07) is 11.1. The van der Waals surface area contributed by atoms with Gasteiger partial charge in [-0.1, -0.05) is 6.07 Å². The van der Waals surface area contributed by atoms with Gasteiger partial charge in [0.05, 0.1) is 7.11 Å². The molecule has 0 aliphatic heterocycles. The largest absolute Gasteiger partial charge is 0.494 e. The summed E-state index contributed by atoms with van der Waals surface area (Å²) in [6.07, 6.45) is 4.16. The molecular weight excluding hydrogens is 414 g/mol. The molecule has 2 aromatic carbocycles. The van der Waals surface area contributed by atoms with Crippen LogP contribution in [0.3, 0.4) is 0 Å². The Bertz CT molecular complexity index is 1240. The number of ether oxygens (including phenoxy) is 2. The molecule has 2 heterocycles. The summed E-state index contributed by atoms with van der Waals surface area (Å²) in [4.78, 5) is 13.6. The van der Waals surface area contributed by atoms with E-state index >= 15 is 0 Å². The van der Waals surface area contributed by atoms with Crippen molar-refractivity contribution in [2.45, 2.75) is 6.42 Å². The van der Waals surface area contributed by atoms with Crippen molar-refractivity contribution in [1.82, 2.24) is 15.0 Å². The van der Waals surface area contributed by atoms with E-state index in [1.165, 1.54) is 6.07 Å². The molecule has 0 saturated carbocycles. The van der Waals surface area contributed by atoms with Crippen LogP contribution in [0.1, 0.15) is 6.42 Å². The highest BCUT2D eigenvalue weighted by molar-refractivity contribution is 5.97. The van der Waals surface area contributed by atoms with E-state index in [-0.39, 0.29) is 0 Å². The minimum Gasteiger partial charge on any atom is -0.494 e. The summed E-state index contributed by atoms with van der Waals surface area (Å²) >= 11 is 0. The average Bonchev–Trinajstić information content (AvgIpc) is 2.83. The standard InChI is InChI=1S/C24H22F2N4O2/c1-31-10-4-9-28-24-18-11-17(15-6-7-19(25)20(26)12-15)13-21(32-2)22(18)29-23(30-24)16-5-3-8-27-14-16/h3,5-8,11-14H,4,9-10H2,1-2H3,(H,28,29,30). The lowest BCUT2D eigenvalue weighted by atomic mass is 10.0. The first-order valence-corrected chi connectivity index (χ1v) is 10.1. The molecule has 32 heavy (non-hydrogen) atoms. The molecule has 4 aromatic rings. The number of hydrogen-bond acceptors (Lipinski definition) is 6. The minimum absolute atomic E-state index is 0.495. The van der Waals surface area contributed by atoms with Crippen LogP contribution < -0.4 is 10.1 Å². The first-order valence-electron chi connectivity index (χ1n) is 10.1. The van der Waals surface area contributed by atoms with Gasteiger partial charge in [-0.2, -0.15) is 0 Å². The number of nitrogens with one attached hydrogen (secondary N) is 1. The lowest BCUT2D eigenvalue weighted by Gasteiger charge is -2.15. The Morgan fingerprint density at radius 1 is 0.938 bits per heavy atom. The Kier molecular flexibility index (Phi) is 6.51. The first-order chi connectivity index (χ1) is 15.6. The second kappa shape index (κ2) is 9.65. The fraction of sp³-hybridized carbons (Fsp3) is 0.208. The number of pyridine rings is 1. The van der Waals surface area contributed by atoms with Gasteiger partial charge in [-0.25, -0.2) is 18.7 Å². The van der Waals surface area contributed by atoms with E-state index in [1.54, 1.807) is 32.7 Å². The SMILES string of the molecule is COCCCNc1nc(-c2cccnc2)nc2c(OC)cc(-c3ccc(F)c(F)c3)cc12. The number of methoxy groups -OCH3 is 2. The lowest BCUT2D eigenvalue weighted by molar-refractivity contribution is 0.198. The van der Waals surface area contributed by atoms with Crippen molar-refractivity contribution in [3.63, 3.8) is 0 Å². The molecule has 1 N–H and O–H groups in total. The van der Waals surface area contributed by atoms with E-state index in [2.05, 4.69) is 10.3 Å². The molecule has 0 aliphatic rings. The summed E-state index contributed by atoms with van der Waals surface area (Å²) in [6.45, 7) is 1.24. The molecule has 164 valence electrons. The smallest absolute Gasteiger partial charge is 0.163 e. The van der Waals surface area contributed by atoms with Gasteiger partial charge < -0.3 is 14.8 Å². The molecular formula is C24H22F2N4O2.